The second-order valence-corrected chi connectivity index (χ2v) is 21.3. The lowest BCUT2D eigenvalue weighted by Crippen LogP contribution is -2.27. The van der Waals surface area contributed by atoms with Crippen LogP contribution < -0.4 is 0 Å². The zero-order valence-corrected chi connectivity index (χ0v) is 41.7. The minimum Gasteiger partial charge on any atom is -0.465 e. The van der Waals surface area contributed by atoms with Crippen LogP contribution in [0.3, 0.4) is 0 Å². The summed E-state index contributed by atoms with van der Waals surface area (Å²) in [5.41, 5.74) is 0.715. The van der Waals surface area contributed by atoms with Gasteiger partial charge in [-0.3, -0.25) is 9.59 Å². The van der Waals surface area contributed by atoms with Crippen molar-refractivity contribution in [2.45, 2.75) is 271 Å². The summed E-state index contributed by atoms with van der Waals surface area (Å²) in [6.45, 7) is 11.4. The average Bonchev–Trinajstić information content (AvgIpc) is 3.66. The standard InChI is InChI=1S/C56H105NO5/c1-4-7-10-13-15-23-34-51(33-22-12-9-6-3)54(59)61-42-31-19-17-27-38-57(40-29-30-41-58)39-28-18-20-32-43-62-55(60)52(35-24-16-14-11-8-5-2)36-25-21-26-37-56-47-49-44-50(48-56)46-53(56)45-49/h49-53,58H,4-48H2,1-3H3. The number of aliphatic hydroxyl groups excluding tert-OH is 1. The maximum Gasteiger partial charge on any atom is 0.308 e. The number of hydrogen-bond donors (Lipinski definition) is 1. The molecule has 4 fully saturated rings. The monoisotopic (exact) mass is 872 g/mol. The normalized spacial score (nSPS) is 21.3. The Hall–Kier alpha value is -1.14. The highest BCUT2D eigenvalue weighted by Gasteiger charge is 2.56. The lowest BCUT2D eigenvalue weighted by molar-refractivity contribution is -0.150. The number of rotatable bonds is 45. The zero-order chi connectivity index (χ0) is 44.4. The van der Waals surface area contributed by atoms with Crippen molar-refractivity contribution in [2.75, 3.05) is 39.5 Å². The van der Waals surface area contributed by atoms with Crippen molar-refractivity contribution in [2.24, 2.45) is 35.0 Å². The summed E-state index contributed by atoms with van der Waals surface area (Å²) in [6.07, 6.45) is 47.9. The Morgan fingerprint density at radius 3 is 1.31 bits per heavy atom. The molecular weight excluding hydrogens is 767 g/mol. The van der Waals surface area contributed by atoms with Crippen LogP contribution in [0, 0.1) is 35.0 Å². The van der Waals surface area contributed by atoms with Crippen LogP contribution >= 0.6 is 0 Å². The second kappa shape index (κ2) is 36.0. The molecule has 6 heteroatoms. The fraction of sp³-hybridized carbons (Fsp3) is 0.964. The van der Waals surface area contributed by atoms with Gasteiger partial charge in [-0.1, -0.05) is 168 Å². The highest BCUT2D eigenvalue weighted by molar-refractivity contribution is 5.72. The number of nitrogens with zero attached hydrogens (tertiary/aromatic N) is 1. The molecule has 0 aromatic carbocycles. The molecule has 0 amide bonds. The molecule has 0 aromatic heterocycles. The van der Waals surface area contributed by atoms with E-state index in [0.717, 1.165) is 114 Å². The van der Waals surface area contributed by atoms with Crippen molar-refractivity contribution in [3.63, 3.8) is 0 Å². The fourth-order valence-electron chi connectivity index (χ4n) is 12.3. The molecular formula is C56H105NO5. The first-order valence-electron chi connectivity index (χ1n) is 28.1. The zero-order valence-electron chi connectivity index (χ0n) is 41.7. The van der Waals surface area contributed by atoms with Crippen LogP contribution in [0.25, 0.3) is 0 Å². The molecule has 4 bridgehead atoms. The van der Waals surface area contributed by atoms with Crippen molar-refractivity contribution < 1.29 is 24.2 Å². The number of unbranched alkanes of at least 4 members (excludes halogenated alkanes) is 22. The van der Waals surface area contributed by atoms with E-state index in [2.05, 4.69) is 25.7 Å². The van der Waals surface area contributed by atoms with Gasteiger partial charge >= 0.3 is 11.9 Å². The third-order valence-electron chi connectivity index (χ3n) is 15.9. The number of carbonyl (C=O) groups excluding carboxylic acids is 2. The predicted molar refractivity (Wildman–Crippen MR) is 262 cm³/mol. The molecule has 6 nitrogen and oxygen atoms in total. The van der Waals surface area contributed by atoms with Crippen LogP contribution in [0.4, 0.5) is 0 Å². The minimum atomic E-state index is 0.0585. The largest absolute Gasteiger partial charge is 0.465 e. The van der Waals surface area contributed by atoms with Crippen molar-refractivity contribution in [3.05, 3.63) is 0 Å². The van der Waals surface area contributed by atoms with Gasteiger partial charge in [0.05, 0.1) is 25.0 Å². The maximum atomic E-state index is 13.4. The third-order valence-corrected chi connectivity index (χ3v) is 15.9. The SMILES string of the molecule is CCCCCCCCC(CCCCCC)C(=O)OCCCCCCN(CCCCO)CCCCCCOC(=O)C(CCCCCCCC)CCCCCC12CC3CC(CC1C3)C2. The quantitative estimate of drug-likeness (QED) is 0.0485. The molecule has 0 spiro atoms. The molecule has 62 heavy (non-hydrogen) atoms. The van der Waals surface area contributed by atoms with E-state index < -0.39 is 0 Å². The summed E-state index contributed by atoms with van der Waals surface area (Å²) in [4.78, 5) is 29.0. The fourth-order valence-corrected chi connectivity index (χ4v) is 12.3. The van der Waals surface area contributed by atoms with Gasteiger partial charge in [-0.05, 0) is 146 Å². The highest BCUT2D eigenvalue weighted by Crippen LogP contribution is 2.67. The number of aliphatic hydroxyl groups is 1. The molecule has 4 atom stereocenters. The van der Waals surface area contributed by atoms with Crippen LogP contribution in [0.15, 0.2) is 0 Å². The molecule has 1 N–H and O–H groups in total. The summed E-state index contributed by atoms with van der Waals surface area (Å²) in [5, 5.41) is 9.39. The van der Waals surface area contributed by atoms with E-state index in [0.29, 0.717) is 18.6 Å². The molecule has 4 aliphatic carbocycles. The topological polar surface area (TPSA) is 76.1 Å². The van der Waals surface area contributed by atoms with Crippen LogP contribution in [0.5, 0.6) is 0 Å². The van der Waals surface area contributed by atoms with Crippen LogP contribution in [-0.2, 0) is 19.1 Å². The summed E-state index contributed by atoms with van der Waals surface area (Å²) < 4.78 is 11.8. The smallest absolute Gasteiger partial charge is 0.308 e. The molecule has 0 aliphatic heterocycles. The Kier molecular flexibility index (Phi) is 32.1. The second-order valence-electron chi connectivity index (χ2n) is 21.3. The Morgan fingerprint density at radius 1 is 0.484 bits per heavy atom. The van der Waals surface area contributed by atoms with Gasteiger partial charge in [-0.2, -0.15) is 0 Å². The Labute approximate surface area is 385 Å². The Balaban J connectivity index is 1.26. The Bertz CT molecular complexity index is 1070. The summed E-state index contributed by atoms with van der Waals surface area (Å²) in [5.74, 6) is 3.49. The highest BCUT2D eigenvalue weighted by atomic mass is 16.5. The van der Waals surface area contributed by atoms with Gasteiger partial charge in [0, 0.05) is 6.61 Å². The summed E-state index contributed by atoms with van der Waals surface area (Å²) >= 11 is 0. The molecule has 0 saturated heterocycles. The van der Waals surface area contributed by atoms with Gasteiger partial charge in [0.2, 0.25) is 0 Å². The predicted octanol–water partition coefficient (Wildman–Crippen LogP) is 15.7. The number of carbonyl (C=O) groups is 2. The molecule has 0 heterocycles. The van der Waals surface area contributed by atoms with Crippen molar-refractivity contribution in [1.29, 1.82) is 0 Å². The first-order chi connectivity index (χ1) is 30.4. The van der Waals surface area contributed by atoms with Gasteiger partial charge < -0.3 is 19.5 Å². The molecule has 4 aliphatic rings. The van der Waals surface area contributed by atoms with E-state index in [1.807, 2.05) is 0 Å². The van der Waals surface area contributed by atoms with Crippen LogP contribution in [0.2, 0.25) is 0 Å². The maximum absolute atomic E-state index is 13.4. The minimum absolute atomic E-state index is 0.0585. The van der Waals surface area contributed by atoms with Crippen molar-refractivity contribution in [1.82, 2.24) is 4.90 Å². The first kappa shape index (κ1) is 55.2. The molecule has 0 radical (unpaired) electrons. The van der Waals surface area contributed by atoms with Gasteiger partial charge in [-0.15, -0.1) is 0 Å². The van der Waals surface area contributed by atoms with Gasteiger partial charge in [0.1, 0.15) is 0 Å². The van der Waals surface area contributed by atoms with E-state index in [1.54, 1.807) is 0 Å². The van der Waals surface area contributed by atoms with E-state index in [1.165, 1.54) is 173 Å². The Morgan fingerprint density at radius 2 is 0.855 bits per heavy atom. The molecule has 4 unspecified atom stereocenters. The number of hydrogen-bond acceptors (Lipinski definition) is 6. The van der Waals surface area contributed by atoms with Gasteiger partial charge in [0.15, 0.2) is 0 Å². The molecule has 4 rings (SSSR count). The average molecular weight is 872 g/mol. The van der Waals surface area contributed by atoms with E-state index in [9.17, 15) is 14.7 Å². The third kappa shape index (κ3) is 23.9. The van der Waals surface area contributed by atoms with Crippen LogP contribution in [0.1, 0.15) is 271 Å². The van der Waals surface area contributed by atoms with Gasteiger partial charge in [-0.25, -0.2) is 0 Å². The molecule has 4 saturated carbocycles. The molecule has 364 valence electrons. The first-order valence-corrected chi connectivity index (χ1v) is 28.1. The summed E-state index contributed by atoms with van der Waals surface area (Å²) in [6, 6.07) is 0. The van der Waals surface area contributed by atoms with Crippen molar-refractivity contribution in [3.8, 4) is 0 Å². The van der Waals surface area contributed by atoms with Gasteiger partial charge in [0.25, 0.3) is 0 Å². The number of esters is 2. The van der Waals surface area contributed by atoms with E-state index in [-0.39, 0.29) is 30.4 Å². The molecule has 0 aromatic rings. The number of ether oxygens (including phenoxy) is 2. The summed E-state index contributed by atoms with van der Waals surface area (Å²) in [7, 11) is 0. The van der Waals surface area contributed by atoms with Crippen LogP contribution in [-0.4, -0.2) is 61.4 Å². The van der Waals surface area contributed by atoms with Crippen molar-refractivity contribution >= 4 is 11.9 Å². The lowest BCUT2D eigenvalue weighted by atomic mass is 9.72. The lowest BCUT2D eigenvalue weighted by Gasteiger charge is -2.33. The van der Waals surface area contributed by atoms with E-state index >= 15 is 0 Å². The van der Waals surface area contributed by atoms with E-state index in [4.69, 9.17) is 9.47 Å².